The van der Waals surface area contributed by atoms with Gasteiger partial charge in [0.2, 0.25) is 5.91 Å². The Hall–Kier alpha value is -1.33. The van der Waals surface area contributed by atoms with Gasteiger partial charge in [-0.25, -0.2) is 0 Å². The smallest absolute Gasteiger partial charge is 0.342 e. The van der Waals surface area contributed by atoms with Crippen molar-refractivity contribution >= 4 is 5.91 Å². The number of carbonyl (C=O) groups excluding carboxylic acids is 1. The molecule has 98 valence electrons. The van der Waals surface area contributed by atoms with Gasteiger partial charge in [-0.2, -0.15) is 18.4 Å². The Bertz CT molecular complexity index is 274. The minimum absolute atomic E-state index is 0.107. The Labute approximate surface area is 97.6 Å². The number of halogens is 3. The van der Waals surface area contributed by atoms with Crippen molar-refractivity contribution in [3.8, 4) is 6.07 Å². The lowest BCUT2D eigenvalue weighted by atomic mass is 10.4. The third kappa shape index (κ3) is 9.59. The van der Waals surface area contributed by atoms with Crippen LogP contribution in [0.5, 0.6) is 0 Å². The maximum Gasteiger partial charge on any atom is 0.401 e. The number of nitrogens with zero attached hydrogens (tertiary/aromatic N) is 2. The summed E-state index contributed by atoms with van der Waals surface area (Å²) in [5, 5.41) is 13.1. The van der Waals surface area contributed by atoms with Crippen molar-refractivity contribution in [2.24, 2.45) is 0 Å². The van der Waals surface area contributed by atoms with Crippen LogP contribution in [0.15, 0.2) is 0 Å². The molecular weight excluding hydrogens is 237 g/mol. The molecule has 0 fully saturated rings. The van der Waals surface area contributed by atoms with Crippen LogP contribution in [0.2, 0.25) is 0 Å². The largest absolute Gasteiger partial charge is 0.401 e. The monoisotopic (exact) mass is 252 g/mol. The van der Waals surface area contributed by atoms with E-state index in [2.05, 4.69) is 10.6 Å². The number of nitrogens with one attached hydrogen (secondary N) is 2. The molecule has 2 N–H and O–H groups in total. The second-order valence-electron chi connectivity index (χ2n) is 3.36. The van der Waals surface area contributed by atoms with E-state index in [-0.39, 0.29) is 19.6 Å². The predicted molar refractivity (Wildman–Crippen MR) is 55.0 cm³/mol. The molecule has 0 heterocycles. The van der Waals surface area contributed by atoms with E-state index < -0.39 is 18.6 Å². The first-order chi connectivity index (χ1) is 7.89. The van der Waals surface area contributed by atoms with Gasteiger partial charge in [0.1, 0.15) is 6.54 Å². The number of nitriles is 1. The lowest BCUT2D eigenvalue weighted by Crippen LogP contribution is -2.44. The molecule has 0 aromatic rings. The predicted octanol–water partition coefficient (Wildman–Crippen LogP) is -0.290. The van der Waals surface area contributed by atoms with Crippen molar-refractivity contribution in [2.75, 3.05) is 39.8 Å². The summed E-state index contributed by atoms with van der Waals surface area (Å²) in [5.41, 5.74) is 0. The Balaban J connectivity index is 4.18. The van der Waals surface area contributed by atoms with Crippen LogP contribution in [0.25, 0.3) is 0 Å². The summed E-state index contributed by atoms with van der Waals surface area (Å²) in [7, 11) is 1.61. The number of amides is 1. The summed E-state index contributed by atoms with van der Waals surface area (Å²) < 4.78 is 36.6. The van der Waals surface area contributed by atoms with E-state index in [4.69, 9.17) is 5.26 Å². The van der Waals surface area contributed by atoms with Crippen molar-refractivity contribution < 1.29 is 18.0 Å². The van der Waals surface area contributed by atoms with Crippen molar-refractivity contribution in [2.45, 2.75) is 6.18 Å². The number of carbonyl (C=O) groups is 1. The fourth-order valence-corrected chi connectivity index (χ4v) is 1.13. The first-order valence-corrected chi connectivity index (χ1v) is 4.96. The maximum absolute atomic E-state index is 12.2. The Morgan fingerprint density at radius 1 is 1.47 bits per heavy atom. The van der Waals surface area contributed by atoms with Gasteiger partial charge in [0.15, 0.2) is 0 Å². The molecule has 1 amide bonds. The van der Waals surface area contributed by atoms with E-state index in [0.29, 0.717) is 6.54 Å². The summed E-state index contributed by atoms with van der Waals surface area (Å²) in [4.78, 5) is 12.1. The van der Waals surface area contributed by atoms with Gasteiger partial charge in [-0.3, -0.25) is 9.69 Å². The minimum Gasteiger partial charge on any atom is -0.342 e. The highest BCUT2D eigenvalue weighted by atomic mass is 19.4. The van der Waals surface area contributed by atoms with Crippen molar-refractivity contribution in [1.29, 1.82) is 5.26 Å². The average molecular weight is 252 g/mol. The normalized spacial score (nSPS) is 11.3. The summed E-state index contributed by atoms with van der Waals surface area (Å²) >= 11 is 0. The Morgan fingerprint density at radius 2 is 2.12 bits per heavy atom. The number of rotatable bonds is 7. The number of hydrogen-bond donors (Lipinski definition) is 2. The van der Waals surface area contributed by atoms with E-state index in [9.17, 15) is 18.0 Å². The van der Waals surface area contributed by atoms with Crippen molar-refractivity contribution in [1.82, 2.24) is 15.5 Å². The van der Waals surface area contributed by atoms with E-state index >= 15 is 0 Å². The quantitative estimate of drug-likeness (QED) is 0.611. The molecule has 0 aliphatic rings. The standard InChI is InChI=1S/C9H15F3N4O/c1-14-4-5-16(7-9(10,11)12)6-8(17)15-3-2-13/h14H,3-7H2,1H3,(H,15,17). The number of likely N-dealkylation sites (N-methyl/N-ethyl adjacent to an activating group) is 1. The van der Waals surface area contributed by atoms with Crippen LogP contribution in [0.1, 0.15) is 0 Å². The third-order valence-electron chi connectivity index (χ3n) is 1.81. The van der Waals surface area contributed by atoms with Crippen LogP contribution in [0, 0.1) is 11.3 Å². The Kier molecular flexibility index (Phi) is 7.25. The molecule has 0 bridgehead atoms. The van der Waals surface area contributed by atoms with Crippen LogP contribution in [0.4, 0.5) is 13.2 Å². The van der Waals surface area contributed by atoms with Gasteiger partial charge < -0.3 is 10.6 Å². The van der Waals surface area contributed by atoms with E-state index in [1.54, 1.807) is 13.1 Å². The molecule has 0 aliphatic carbocycles. The molecule has 0 saturated carbocycles. The van der Waals surface area contributed by atoms with Gasteiger partial charge in [0.05, 0.1) is 19.2 Å². The molecule has 0 atom stereocenters. The summed E-state index contributed by atoms with van der Waals surface area (Å²) in [6.45, 7) is -1.26. The highest BCUT2D eigenvalue weighted by Crippen LogP contribution is 2.15. The first kappa shape index (κ1) is 15.7. The lowest BCUT2D eigenvalue weighted by molar-refractivity contribution is -0.148. The molecule has 0 spiro atoms. The molecule has 0 unspecified atom stereocenters. The SMILES string of the molecule is CNCCN(CC(=O)NCC#N)CC(F)(F)F. The molecular formula is C9H15F3N4O. The lowest BCUT2D eigenvalue weighted by Gasteiger charge is -2.22. The highest BCUT2D eigenvalue weighted by Gasteiger charge is 2.31. The second-order valence-corrected chi connectivity index (χ2v) is 3.36. The van der Waals surface area contributed by atoms with Crippen molar-refractivity contribution in [3.05, 3.63) is 0 Å². The van der Waals surface area contributed by atoms with Crippen LogP contribution < -0.4 is 10.6 Å². The molecule has 0 rings (SSSR count). The van der Waals surface area contributed by atoms with E-state index in [0.717, 1.165) is 4.90 Å². The van der Waals surface area contributed by atoms with Gasteiger partial charge in [0.25, 0.3) is 0 Å². The van der Waals surface area contributed by atoms with Gasteiger partial charge >= 0.3 is 6.18 Å². The van der Waals surface area contributed by atoms with Crippen LogP contribution in [-0.2, 0) is 4.79 Å². The molecule has 0 aromatic heterocycles. The second kappa shape index (κ2) is 7.86. The zero-order valence-electron chi connectivity index (χ0n) is 9.47. The fourth-order valence-electron chi connectivity index (χ4n) is 1.13. The van der Waals surface area contributed by atoms with Crippen LogP contribution in [0.3, 0.4) is 0 Å². The maximum atomic E-state index is 12.2. The summed E-state index contributed by atoms with van der Waals surface area (Å²) in [6, 6.07) is 1.68. The molecule has 0 saturated heterocycles. The molecule has 0 radical (unpaired) electrons. The minimum atomic E-state index is -4.34. The van der Waals surface area contributed by atoms with Crippen molar-refractivity contribution in [3.63, 3.8) is 0 Å². The highest BCUT2D eigenvalue weighted by molar-refractivity contribution is 5.78. The average Bonchev–Trinajstić information content (AvgIpc) is 2.21. The van der Waals surface area contributed by atoms with Crippen LogP contribution in [-0.4, -0.2) is 56.8 Å². The van der Waals surface area contributed by atoms with Gasteiger partial charge in [-0.05, 0) is 7.05 Å². The van der Waals surface area contributed by atoms with E-state index in [1.165, 1.54) is 0 Å². The van der Waals surface area contributed by atoms with Gasteiger partial charge in [-0.15, -0.1) is 0 Å². The van der Waals surface area contributed by atoms with Gasteiger partial charge in [-0.1, -0.05) is 0 Å². The number of alkyl halides is 3. The fraction of sp³-hybridized carbons (Fsp3) is 0.778. The third-order valence-corrected chi connectivity index (χ3v) is 1.81. The zero-order valence-corrected chi connectivity index (χ0v) is 9.47. The van der Waals surface area contributed by atoms with E-state index in [1.807, 2.05) is 0 Å². The number of hydrogen-bond acceptors (Lipinski definition) is 4. The summed E-state index contributed by atoms with van der Waals surface area (Å²) in [6.07, 6.45) is -4.34. The first-order valence-electron chi connectivity index (χ1n) is 4.96. The van der Waals surface area contributed by atoms with Crippen LogP contribution >= 0.6 is 0 Å². The Morgan fingerprint density at radius 3 is 2.59 bits per heavy atom. The van der Waals surface area contributed by atoms with Gasteiger partial charge in [0, 0.05) is 13.1 Å². The molecule has 8 heteroatoms. The topological polar surface area (TPSA) is 68.2 Å². The zero-order chi connectivity index (χ0) is 13.3. The molecule has 0 aliphatic heterocycles. The molecule has 17 heavy (non-hydrogen) atoms. The molecule has 0 aromatic carbocycles. The molecule has 5 nitrogen and oxygen atoms in total. The summed E-state index contributed by atoms with van der Waals surface area (Å²) in [5.74, 6) is -0.591.